The molecule has 1 saturated heterocycles. The van der Waals surface area contributed by atoms with Crippen LogP contribution in [0, 0.1) is 11.3 Å². The van der Waals surface area contributed by atoms with Gasteiger partial charge in [-0.15, -0.1) is 0 Å². The van der Waals surface area contributed by atoms with Gasteiger partial charge in [-0.2, -0.15) is 13.2 Å². The largest absolute Gasteiger partial charge is 0.413 e. The van der Waals surface area contributed by atoms with Crippen LogP contribution in [0.1, 0.15) is 12.8 Å². The molecule has 0 aromatic heterocycles. The molecule has 0 amide bonds. The average molecular weight is 244 g/mol. The molecule has 2 aliphatic carbocycles. The van der Waals surface area contributed by atoms with Gasteiger partial charge in [0, 0.05) is 12.2 Å². The van der Waals surface area contributed by atoms with Crippen LogP contribution in [0.2, 0.25) is 0 Å². The quantitative estimate of drug-likeness (QED) is 0.523. The molecule has 3 unspecified atom stereocenters. The van der Waals surface area contributed by atoms with Crippen molar-refractivity contribution in [1.82, 2.24) is 0 Å². The summed E-state index contributed by atoms with van der Waals surface area (Å²) >= 11 is 0. The third-order valence-electron chi connectivity index (χ3n) is 4.20. The lowest BCUT2D eigenvalue weighted by Crippen LogP contribution is -2.61. The number of aldehydes is 1. The van der Waals surface area contributed by atoms with Crippen LogP contribution in [0.3, 0.4) is 0 Å². The third kappa shape index (κ3) is 1.08. The van der Waals surface area contributed by atoms with Crippen LogP contribution >= 0.6 is 0 Å². The monoisotopic (exact) mass is 244 g/mol. The first-order chi connectivity index (χ1) is 7.96. The van der Waals surface area contributed by atoms with Crippen LogP contribution < -0.4 is 0 Å². The molecule has 2 nitrogen and oxygen atoms in total. The summed E-state index contributed by atoms with van der Waals surface area (Å²) in [5.74, 6) is -0.0104. The SMILES string of the molecule is O=CC12C=CC13OCCC3CC=C2C(F)(F)F. The molecule has 1 spiro atoms. The predicted molar refractivity (Wildman–Crippen MR) is 53.2 cm³/mol. The van der Waals surface area contributed by atoms with Gasteiger partial charge in [0.2, 0.25) is 0 Å². The van der Waals surface area contributed by atoms with Crippen molar-refractivity contribution in [2.24, 2.45) is 11.3 Å². The Labute approximate surface area is 96.1 Å². The summed E-state index contributed by atoms with van der Waals surface area (Å²) < 4.78 is 44.4. The second-order valence-electron chi connectivity index (χ2n) is 4.80. The molecule has 1 heterocycles. The summed E-state index contributed by atoms with van der Waals surface area (Å²) in [6, 6.07) is 0. The number of allylic oxidation sites excluding steroid dienone is 1. The van der Waals surface area contributed by atoms with Crippen LogP contribution in [-0.2, 0) is 9.53 Å². The van der Waals surface area contributed by atoms with Crippen molar-refractivity contribution in [1.29, 1.82) is 0 Å². The van der Waals surface area contributed by atoms with Crippen molar-refractivity contribution < 1.29 is 22.7 Å². The first-order valence-corrected chi connectivity index (χ1v) is 5.55. The minimum atomic E-state index is -4.48. The average Bonchev–Trinajstić information content (AvgIpc) is 2.66. The molecule has 3 atom stereocenters. The number of carbonyl (C=O) groups is 1. The Morgan fingerprint density at radius 1 is 1.41 bits per heavy atom. The zero-order valence-electron chi connectivity index (χ0n) is 8.96. The maximum absolute atomic E-state index is 13.0. The summed E-state index contributed by atoms with van der Waals surface area (Å²) in [6.45, 7) is 0.420. The smallest absolute Gasteiger partial charge is 0.369 e. The molecular formula is C12H11F3O2. The highest BCUT2D eigenvalue weighted by molar-refractivity contribution is 5.77. The van der Waals surface area contributed by atoms with Crippen molar-refractivity contribution in [2.45, 2.75) is 24.6 Å². The molecule has 5 heteroatoms. The number of ether oxygens (including phenoxy) is 1. The molecule has 0 aromatic rings. The van der Waals surface area contributed by atoms with Crippen LogP contribution in [-0.4, -0.2) is 24.7 Å². The molecule has 0 bridgehead atoms. The molecule has 3 rings (SSSR count). The van der Waals surface area contributed by atoms with E-state index >= 15 is 0 Å². The van der Waals surface area contributed by atoms with E-state index < -0.39 is 22.8 Å². The minimum Gasteiger partial charge on any atom is -0.369 e. The normalized spacial score (nSPS) is 43.5. The van der Waals surface area contributed by atoms with E-state index in [1.807, 2.05) is 0 Å². The molecule has 0 radical (unpaired) electrons. The van der Waals surface area contributed by atoms with Crippen molar-refractivity contribution in [2.75, 3.05) is 6.61 Å². The summed E-state index contributed by atoms with van der Waals surface area (Å²) in [4.78, 5) is 11.3. The van der Waals surface area contributed by atoms with E-state index in [4.69, 9.17) is 4.74 Å². The van der Waals surface area contributed by atoms with Crippen LogP contribution in [0.5, 0.6) is 0 Å². The second-order valence-corrected chi connectivity index (χ2v) is 4.80. The lowest BCUT2D eigenvalue weighted by Gasteiger charge is -2.54. The van der Waals surface area contributed by atoms with Crippen LogP contribution in [0.15, 0.2) is 23.8 Å². The lowest BCUT2D eigenvalue weighted by atomic mass is 9.52. The van der Waals surface area contributed by atoms with Gasteiger partial charge in [0.15, 0.2) is 0 Å². The van der Waals surface area contributed by atoms with Gasteiger partial charge in [0.25, 0.3) is 0 Å². The zero-order chi connectivity index (χ0) is 12.3. The van der Waals surface area contributed by atoms with Crippen LogP contribution in [0.4, 0.5) is 13.2 Å². The molecule has 0 aromatic carbocycles. The van der Waals surface area contributed by atoms with E-state index in [0.717, 1.165) is 6.08 Å². The lowest BCUT2D eigenvalue weighted by molar-refractivity contribution is -0.154. The Bertz CT molecular complexity index is 438. The second kappa shape index (κ2) is 3.02. The summed E-state index contributed by atoms with van der Waals surface area (Å²) in [5.41, 5.74) is -3.40. The molecule has 1 aliphatic heterocycles. The molecule has 3 aliphatic rings. The molecular weight excluding hydrogens is 233 g/mol. The van der Waals surface area contributed by atoms with Crippen molar-refractivity contribution >= 4 is 6.29 Å². The first kappa shape index (κ1) is 11.0. The van der Waals surface area contributed by atoms with Gasteiger partial charge in [0.1, 0.15) is 17.3 Å². The molecule has 0 saturated carbocycles. The molecule has 0 N–H and O–H groups in total. The molecule has 17 heavy (non-hydrogen) atoms. The highest BCUT2D eigenvalue weighted by Gasteiger charge is 2.68. The van der Waals surface area contributed by atoms with E-state index in [2.05, 4.69) is 0 Å². The molecule has 92 valence electrons. The Morgan fingerprint density at radius 3 is 2.71 bits per heavy atom. The van der Waals surface area contributed by atoms with E-state index in [9.17, 15) is 18.0 Å². The van der Waals surface area contributed by atoms with E-state index in [-0.39, 0.29) is 5.92 Å². The van der Waals surface area contributed by atoms with Gasteiger partial charge in [-0.3, -0.25) is 0 Å². The number of rotatable bonds is 1. The number of alkyl halides is 3. The van der Waals surface area contributed by atoms with Gasteiger partial charge in [-0.05, 0) is 18.8 Å². The minimum absolute atomic E-state index is 0.0104. The van der Waals surface area contributed by atoms with Crippen LogP contribution in [0.25, 0.3) is 0 Å². The summed E-state index contributed by atoms with van der Waals surface area (Å²) in [7, 11) is 0. The fourth-order valence-corrected chi connectivity index (χ4v) is 3.34. The maximum Gasteiger partial charge on any atom is 0.413 e. The van der Waals surface area contributed by atoms with Gasteiger partial charge >= 0.3 is 6.18 Å². The summed E-state index contributed by atoms with van der Waals surface area (Å²) in [5, 5.41) is 0. The van der Waals surface area contributed by atoms with E-state index in [0.29, 0.717) is 25.7 Å². The predicted octanol–water partition coefficient (Wildman–Crippen LogP) is 2.41. The zero-order valence-corrected chi connectivity index (χ0v) is 8.96. The Kier molecular flexibility index (Phi) is 1.95. The number of halogens is 3. The Morgan fingerprint density at radius 2 is 2.18 bits per heavy atom. The van der Waals surface area contributed by atoms with E-state index in [1.54, 1.807) is 6.08 Å². The fraction of sp³-hybridized carbons (Fsp3) is 0.583. The summed E-state index contributed by atoms with van der Waals surface area (Å²) in [6.07, 6.45) is 1.07. The number of hydrogen-bond acceptors (Lipinski definition) is 2. The first-order valence-electron chi connectivity index (χ1n) is 5.55. The van der Waals surface area contributed by atoms with E-state index in [1.165, 1.54) is 6.08 Å². The van der Waals surface area contributed by atoms with Crippen molar-refractivity contribution in [3.05, 3.63) is 23.8 Å². The highest BCUT2D eigenvalue weighted by atomic mass is 19.4. The van der Waals surface area contributed by atoms with Crippen molar-refractivity contribution in [3.63, 3.8) is 0 Å². The standard InChI is InChI=1S/C12H11F3O2/c13-12(14,15)9-2-1-8-3-6-17-11(8)5-4-10(9,11)7-16/h2,4-5,7-8H,1,3,6H2. The van der Waals surface area contributed by atoms with Gasteiger partial charge in [-0.25, -0.2) is 0 Å². The highest BCUT2D eigenvalue weighted by Crippen LogP contribution is 2.63. The van der Waals surface area contributed by atoms with Crippen molar-refractivity contribution in [3.8, 4) is 0 Å². The van der Waals surface area contributed by atoms with Gasteiger partial charge in [-0.1, -0.05) is 18.2 Å². The fourth-order valence-electron chi connectivity index (χ4n) is 3.34. The number of hydrogen-bond donors (Lipinski definition) is 0. The number of carbonyl (C=O) groups excluding carboxylic acids is 1. The third-order valence-corrected chi connectivity index (χ3v) is 4.20. The van der Waals surface area contributed by atoms with Gasteiger partial charge in [0.05, 0.1) is 0 Å². The Hall–Kier alpha value is -1.10. The topological polar surface area (TPSA) is 26.3 Å². The molecule has 1 fully saturated rings. The van der Waals surface area contributed by atoms with Gasteiger partial charge < -0.3 is 9.53 Å². The maximum atomic E-state index is 13.0. The Balaban J connectivity index is 2.15.